The molecule has 1 amide bonds. The first-order valence-electron chi connectivity index (χ1n) is 6.82. The lowest BCUT2D eigenvalue weighted by Crippen LogP contribution is -2.38. The van der Waals surface area contributed by atoms with Gasteiger partial charge in [0.25, 0.3) is 5.91 Å². The highest BCUT2D eigenvalue weighted by atomic mass is 16.3. The molecule has 0 bridgehead atoms. The monoisotopic (exact) mass is 263 g/mol. The van der Waals surface area contributed by atoms with E-state index in [4.69, 9.17) is 5.11 Å². The van der Waals surface area contributed by atoms with Crippen molar-refractivity contribution in [3.63, 3.8) is 0 Å². The Morgan fingerprint density at radius 1 is 1.37 bits per heavy atom. The summed E-state index contributed by atoms with van der Waals surface area (Å²) in [5.74, 6) is 0.986. The summed E-state index contributed by atoms with van der Waals surface area (Å²) < 4.78 is 0. The largest absolute Gasteiger partial charge is 0.396 e. The fourth-order valence-electron chi connectivity index (χ4n) is 2.56. The van der Waals surface area contributed by atoms with Crippen molar-refractivity contribution in [3.8, 4) is 0 Å². The van der Waals surface area contributed by atoms with E-state index in [2.05, 4.69) is 15.3 Å². The van der Waals surface area contributed by atoms with Gasteiger partial charge in [-0.1, -0.05) is 0 Å². The van der Waals surface area contributed by atoms with Crippen molar-refractivity contribution in [1.29, 1.82) is 0 Å². The molecule has 0 saturated heterocycles. The standard InChI is InChI=1S/C14H21N3O2/c1-9-13(7-15-10(2)16-9)14(19)17-12-5-3-11(8-18)4-6-12/h7,11-12,18H,3-6,8H2,1-2H3,(H,17,19). The van der Waals surface area contributed by atoms with Crippen LogP contribution in [0.15, 0.2) is 6.20 Å². The van der Waals surface area contributed by atoms with Crippen molar-refractivity contribution >= 4 is 5.91 Å². The van der Waals surface area contributed by atoms with Gasteiger partial charge in [0.05, 0.1) is 11.3 Å². The number of aliphatic hydroxyl groups is 1. The van der Waals surface area contributed by atoms with Gasteiger partial charge in [-0.3, -0.25) is 4.79 Å². The van der Waals surface area contributed by atoms with E-state index in [-0.39, 0.29) is 18.6 Å². The second-order valence-electron chi connectivity index (χ2n) is 5.29. The summed E-state index contributed by atoms with van der Waals surface area (Å²) in [6.07, 6.45) is 5.41. The fraction of sp³-hybridized carbons (Fsp3) is 0.643. The van der Waals surface area contributed by atoms with Gasteiger partial charge in [0.1, 0.15) is 5.82 Å². The van der Waals surface area contributed by atoms with Crippen LogP contribution in [0.4, 0.5) is 0 Å². The van der Waals surface area contributed by atoms with E-state index in [9.17, 15) is 4.79 Å². The molecule has 5 nitrogen and oxygen atoms in total. The molecule has 1 saturated carbocycles. The van der Waals surface area contributed by atoms with Crippen LogP contribution in [0.1, 0.15) is 47.6 Å². The number of aliphatic hydroxyl groups excluding tert-OH is 1. The Labute approximate surface area is 113 Å². The van der Waals surface area contributed by atoms with Gasteiger partial charge in [-0.25, -0.2) is 9.97 Å². The predicted molar refractivity (Wildman–Crippen MR) is 71.8 cm³/mol. The number of hydrogen-bond acceptors (Lipinski definition) is 4. The minimum Gasteiger partial charge on any atom is -0.396 e. The molecule has 1 fully saturated rings. The summed E-state index contributed by atoms with van der Waals surface area (Å²) >= 11 is 0. The molecular formula is C14H21N3O2. The van der Waals surface area contributed by atoms with Crippen LogP contribution < -0.4 is 5.32 Å². The number of nitrogens with one attached hydrogen (secondary N) is 1. The molecule has 0 atom stereocenters. The van der Waals surface area contributed by atoms with E-state index in [0.29, 0.717) is 23.0 Å². The van der Waals surface area contributed by atoms with Crippen LogP contribution in [0, 0.1) is 19.8 Å². The third-order valence-electron chi connectivity index (χ3n) is 3.78. The smallest absolute Gasteiger partial charge is 0.254 e. The van der Waals surface area contributed by atoms with Crippen LogP contribution in [-0.4, -0.2) is 33.6 Å². The lowest BCUT2D eigenvalue weighted by molar-refractivity contribution is 0.0912. The predicted octanol–water partition coefficient (Wildman–Crippen LogP) is 1.37. The van der Waals surface area contributed by atoms with Gasteiger partial charge in [0.15, 0.2) is 0 Å². The van der Waals surface area contributed by atoms with Gasteiger partial charge < -0.3 is 10.4 Å². The van der Waals surface area contributed by atoms with Crippen molar-refractivity contribution in [3.05, 3.63) is 23.3 Å². The Bertz CT molecular complexity index is 454. The van der Waals surface area contributed by atoms with Crippen LogP contribution in [0.3, 0.4) is 0 Å². The molecule has 2 rings (SSSR count). The molecule has 1 aromatic heterocycles. The average Bonchev–Trinajstić information content (AvgIpc) is 2.39. The number of amides is 1. The number of carbonyl (C=O) groups is 1. The Morgan fingerprint density at radius 3 is 2.63 bits per heavy atom. The van der Waals surface area contributed by atoms with Crippen molar-refractivity contribution in [1.82, 2.24) is 15.3 Å². The van der Waals surface area contributed by atoms with Gasteiger partial charge in [-0.15, -0.1) is 0 Å². The minimum atomic E-state index is -0.0926. The number of rotatable bonds is 3. The summed E-state index contributed by atoms with van der Waals surface area (Å²) in [7, 11) is 0. The average molecular weight is 263 g/mol. The highest BCUT2D eigenvalue weighted by molar-refractivity contribution is 5.95. The van der Waals surface area contributed by atoms with E-state index >= 15 is 0 Å². The number of hydrogen-bond donors (Lipinski definition) is 2. The molecule has 5 heteroatoms. The summed E-state index contributed by atoms with van der Waals surface area (Å²) in [4.78, 5) is 20.4. The fourth-order valence-corrected chi connectivity index (χ4v) is 2.56. The second-order valence-corrected chi connectivity index (χ2v) is 5.29. The molecule has 1 heterocycles. The SMILES string of the molecule is Cc1ncc(C(=O)NC2CCC(CO)CC2)c(C)n1. The van der Waals surface area contributed by atoms with E-state index in [1.165, 1.54) is 0 Å². The third-order valence-corrected chi connectivity index (χ3v) is 3.78. The normalized spacial score (nSPS) is 23.1. The Balaban J connectivity index is 1.94. The Hall–Kier alpha value is -1.49. The number of aromatic nitrogens is 2. The Kier molecular flexibility index (Phi) is 4.47. The summed E-state index contributed by atoms with van der Waals surface area (Å²) in [5, 5.41) is 12.1. The van der Waals surface area contributed by atoms with Crippen molar-refractivity contribution in [2.75, 3.05) is 6.61 Å². The quantitative estimate of drug-likeness (QED) is 0.863. The summed E-state index contributed by atoms with van der Waals surface area (Å²) in [6, 6.07) is 0.205. The zero-order chi connectivity index (χ0) is 13.8. The van der Waals surface area contributed by atoms with Crippen LogP contribution in [0.5, 0.6) is 0 Å². The maximum absolute atomic E-state index is 12.2. The molecule has 0 spiro atoms. The molecule has 0 radical (unpaired) electrons. The molecule has 1 aliphatic carbocycles. The first-order chi connectivity index (χ1) is 9.10. The van der Waals surface area contributed by atoms with Gasteiger partial charge in [-0.2, -0.15) is 0 Å². The molecule has 0 aromatic carbocycles. The number of carbonyl (C=O) groups excluding carboxylic acids is 1. The van der Waals surface area contributed by atoms with Crippen LogP contribution in [0.25, 0.3) is 0 Å². The van der Waals surface area contributed by atoms with Crippen molar-refractivity contribution < 1.29 is 9.90 Å². The van der Waals surface area contributed by atoms with Crippen LogP contribution in [-0.2, 0) is 0 Å². The summed E-state index contributed by atoms with van der Waals surface area (Å²) in [5.41, 5.74) is 1.27. The van der Waals surface area contributed by atoms with Crippen molar-refractivity contribution in [2.24, 2.45) is 5.92 Å². The molecule has 2 N–H and O–H groups in total. The van der Waals surface area contributed by atoms with Crippen molar-refractivity contribution in [2.45, 2.75) is 45.6 Å². The maximum Gasteiger partial charge on any atom is 0.254 e. The van der Waals surface area contributed by atoms with Gasteiger partial charge in [-0.05, 0) is 45.4 Å². The maximum atomic E-state index is 12.2. The molecule has 0 unspecified atom stereocenters. The summed E-state index contributed by atoms with van der Waals surface area (Å²) in [6.45, 7) is 3.89. The zero-order valence-electron chi connectivity index (χ0n) is 11.5. The van der Waals surface area contributed by atoms with Crippen LogP contribution in [0.2, 0.25) is 0 Å². The first-order valence-corrected chi connectivity index (χ1v) is 6.82. The molecule has 19 heavy (non-hydrogen) atoms. The molecule has 0 aliphatic heterocycles. The van der Waals surface area contributed by atoms with Gasteiger partial charge >= 0.3 is 0 Å². The molecule has 1 aromatic rings. The molecule has 104 valence electrons. The second kappa shape index (κ2) is 6.10. The zero-order valence-corrected chi connectivity index (χ0v) is 11.5. The number of aryl methyl sites for hydroxylation is 2. The minimum absolute atomic E-state index is 0.0926. The van der Waals surface area contributed by atoms with Gasteiger partial charge in [0, 0.05) is 18.8 Å². The van der Waals surface area contributed by atoms with Crippen LogP contribution >= 0.6 is 0 Å². The highest BCUT2D eigenvalue weighted by Crippen LogP contribution is 2.23. The third kappa shape index (κ3) is 3.50. The number of nitrogens with zero attached hydrogens (tertiary/aromatic N) is 2. The van der Waals surface area contributed by atoms with Gasteiger partial charge in [0.2, 0.25) is 0 Å². The lowest BCUT2D eigenvalue weighted by atomic mass is 9.86. The Morgan fingerprint density at radius 2 is 2.05 bits per heavy atom. The van der Waals surface area contributed by atoms with E-state index in [1.54, 1.807) is 6.20 Å². The topological polar surface area (TPSA) is 75.1 Å². The first kappa shape index (κ1) is 13.9. The van der Waals surface area contributed by atoms with E-state index in [1.807, 2.05) is 13.8 Å². The highest BCUT2D eigenvalue weighted by Gasteiger charge is 2.23. The van der Waals surface area contributed by atoms with E-state index in [0.717, 1.165) is 25.7 Å². The lowest BCUT2D eigenvalue weighted by Gasteiger charge is -2.28. The van der Waals surface area contributed by atoms with E-state index < -0.39 is 0 Å². The molecular weight excluding hydrogens is 242 g/mol. The molecule has 1 aliphatic rings.